The summed E-state index contributed by atoms with van der Waals surface area (Å²) in [6.07, 6.45) is 2.52. The lowest BCUT2D eigenvalue weighted by Gasteiger charge is -2.19. The number of fused-ring (bicyclic) bond motifs is 1. The fourth-order valence-corrected chi connectivity index (χ4v) is 4.46. The molecule has 0 saturated carbocycles. The summed E-state index contributed by atoms with van der Waals surface area (Å²) in [6.45, 7) is 6.63. The van der Waals surface area contributed by atoms with Gasteiger partial charge in [-0.3, -0.25) is 4.90 Å². The van der Waals surface area contributed by atoms with Crippen molar-refractivity contribution in [3.8, 4) is 0 Å². The summed E-state index contributed by atoms with van der Waals surface area (Å²) in [6, 6.07) is 15.8. The van der Waals surface area contributed by atoms with E-state index in [1.165, 1.54) is 11.1 Å². The van der Waals surface area contributed by atoms with E-state index in [0.717, 1.165) is 44.5 Å². The maximum absolute atomic E-state index is 12.7. The van der Waals surface area contributed by atoms with E-state index in [1.807, 2.05) is 26.0 Å². The van der Waals surface area contributed by atoms with Crippen LogP contribution in [0, 0.1) is 0 Å². The number of benzene rings is 2. The van der Waals surface area contributed by atoms with Crippen LogP contribution in [0.2, 0.25) is 0 Å². The molecule has 2 aromatic carbocycles. The number of guanidine groups is 1. The highest BCUT2D eigenvalue weighted by Gasteiger charge is 2.20. The summed E-state index contributed by atoms with van der Waals surface area (Å²) in [5, 5.41) is 0. The molecule has 0 aromatic heterocycles. The minimum Gasteiger partial charge on any atom is -0.369 e. The lowest BCUT2D eigenvalue weighted by Crippen LogP contribution is -2.37. The highest BCUT2D eigenvalue weighted by molar-refractivity contribution is 7.90. The molecule has 0 aliphatic carbocycles. The van der Waals surface area contributed by atoms with Crippen molar-refractivity contribution in [1.29, 1.82) is 0 Å². The van der Waals surface area contributed by atoms with Crippen LogP contribution in [0.15, 0.2) is 58.4 Å². The van der Waals surface area contributed by atoms with Crippen LogP contribution >= 0.6 is 0 Å². The molecule has 0 bridgehead atoms. The largest absolute Gasteiger partial charge is 0.369 e. The summed E-state index contributed by atoms with van der Waals surface area (Å²) in [5.41, 5.74) is 9.37. The molecule has 1 heterocycles. The van der Waals surface area contributed by atoms with Gasteiger partial charge in [0.2, 0.25) is 5.96 Å². The Labute approximate surface area is 173 Å². The second-order valence-corrected chi connectivity index (χ2v) is 9.25. The molecule has 0 spiro atoms. The van der Waals surface area contributed by atoms with Crippen LogP contribution in [-0.2, 0) is 29.4 Å². The van der Waals surface area contributed by atoms with Crippen molar-refractivity contribution >= 4 is 16.0 Å². The van der Waals surface area contributed by atoms with Crippen molar-refractivity contribution in [2.45, 2.75) is 50.6 Å². The van der Waals surface area contributed by atoms with Gasteiger partial charge in [-0.2, -0.15) is 0 Å². The van der Waals surface area contributed by atoms with E-state index < -0.39 is 10.0 Å². The van der Waals surface area contributed by atoms with E-state index in [2.05, 4.69) is 38.9 Å². The van der Waals surface area contributed by atoms with E-state index in [1.54, 1.807) is 12.1 Å². The van der Waals surface area contributed by atoms with Crippen LogP contribution in [0.25, 0.3) is 0 Å². The minimum absolute atomic E-state index is 0.0275. The predicted octanol–water partition coefficient (Wildman–Crippen LogP) is 2.68. The zero-order valence-electron chi connectivity index (χ0n) is 17.1. The van der Waals surface area contributed by atoms with Crippen molar-refractivity contribution < 1.29 is 8.42 Å². The fourth-order valence-electron chi connectivity index (χ4n) is 3.47. The summed E-state index contributed by atoms with van der Waals surface area (Å²) in [7, 11) is -3.74. The van der Waals surface area contributed by atoms with Crippen LogP contribution < -0.4 is 10.5 Å². The number of nitrogens with zero attached hydrogens (tertiary/aromatic N) is 2. The number of hydrogen-bond acceptors (Lipinski definition) is 4. The van der Waals surface area contributed by atoms with Gasteiger partial charge in [-0.05, 0) is 55.0 Å². The first-order valence-electron chi connectivity index (χ1n) is 10.1. The normalized spacial score (nSPS) is 16.7. The third-order valence-electron chi connectivity index (χ3n) is 5.32. The molecule has 0 fully saturated rings. The van der Waals surface area contributed by atoms with E-state index >= 15 is 0 Å². The molecule has 29 heavy (non-hydrogen) atoms. The first kappa shape index (κ1) is 21.3. The molecule has 3 rings (SSSR count). The lowest BCUT2D eigenvalue weighted by molar-refractivity contribution is 0.279. The smallest absolute Gasteiger partial charge is 0.264 e. The first-order chi connectivity index (χ1) is 13.9. The second kappa shape index (κ2) is 9.41. The third-order valence-corrected chi connectivity index (χ3v) is 6.67. The summed E-state index contributed by atoms with van der Waals surface area (Å²) < 4.78 is 27.8. The Morgan fingerprint density at radius 2 is 1.83 bits per heavy atom. The summed E-state index contributed by atoms with van der Waals surface area (Å²) >= 11 is 0. The molecule has 1 aliphatic rings. The zero-order valence-corrected chi connectivity index (χ0v) is 18.0. The predicted molar refractivity (Wildman–Crippen MR) is 117 cm³/mol. The molecule has 7 heteroatoms. The number of rotatable bonds is 6. The Kier molecular flexibility index (Phi) is 6.92. The zero-order chi connectivity index (χ0) is 20.9. The van der Waals surface area contributed by atoms with Gasteiger partial charge in [0.05, 0.1) is 10.9 Å². The van der Waals surface area contributed by atoms with Gasteiger partial charge < -0.3 is 5.73 Å². The molecule has 0 amide bonds. The topological polar surface area (TPSA) is 87.8 Å². The van der Waals surface area contributed by atoms with Crippen LogP contribution in [0.4, 0.5) is 0 Å². The van der Waals surface area contributed by atoms with Crippen molar-refractivity contribution in [1.82, 2.24) is 9.62 Å². The third kappa shape index (κ3) is 5.81. The van der Waals surface area contributed by atoms with Crippen LogP contribution in [-0.4, -0.2) is 38.4 Å². The molecular weight excluding hydrogens is 384 g/mol. The molecular formula is C22H30N4O2S. The molecule has 0 saturated heterocycles. The van der Waals surface area contributed by atoms with Gasteiger partial charge in [0.15, 0.2) is 0 Å². The Bertz CT molecular complexity index is 958. The van der Waals surface area contributed by atoms with Crippen LogP contribution in [0.3, 0.4) is 0 Å². The Morgan fingerprint density at radius 1 is 1.14 bits per heavy atom. The maximum Gasteiger partial charge on any atom is 0.264 e. The Morgan fingerprint density at radius 3 is 2.52 bits per heavy atom. The van der Waals surface area contributed by atoms with Crippen molar-refractivity contribution in [2.75, 3.05) is 13.1 Å². The quantitative estimate of drug-likeness (QED) is 0.562. The monoisotopic (exact) mass is 414 g/mol. The van der Waals surface area contributed by atoms with E-state index in [-0.39, 0.29) is 16.9 Å². The summed E-state index contributed by atoms with van der Waals surface area (Å²) in [5.74, 6) is -0.0664. The minimum atomic E-state index is -3.74. The van der Waals surface area contributed by atoms with E-state index in [0.29, 0.717) is 0 Å². The average molecular weight is 415 g/mol. The van der Waals surface area contributed by atoms with Crippen molar-refractivity contribution in [2.24, 2.45) is 10.7 Å². The van der Waals surface area contributed by atoms with Crippen LogP contribution in [0.5, 0.6) is 0 Å². The second-order valence-electron chi connectivity index (χ2n) is 7.57. The molecule has 3 N–H and O–H groups in total. The molecule has 1 atom stereocenters. The van der Waals surface area contributed by atoms with Crippen molar-refractivity contribution in [3.63, 3.8) is 0 Å². The Balaban J connectivity index is 1.71. The van der Waals surface area contributed by atoms with E-state index in [9.17, 15) is 8.42 Å². The van der Waals surface area contributed by atoms with Crippen LogP contribution in [0.1, 0.15) is 37.0 Å². The number of hydrogen-bond donors (Lipinski definition) is 2. The van der Waals surface area contributed by atoms with Gasteiger partial charge in [-0.25, -0.2) is 18.1 Å². The number of nitrogens with one attached hydrogen (secondary N) is 1. The molecule has 6 nitrogen and oxygen atoms in total. The highest BCUT2D eigenvalue weighted by Crippen LogP contribution is 2.21. The van der Waals surface area contributed by atoms with Gasteiger partial charge in [0, 0.05) is 19.6 Å². The van der Waals surface area contributed by atoms with Gasteiger partial charge in [0.25, 0.3) is 10.0 Å². The first-order valence-corrected chi connectivity index (χ1v) is 11.6. The molecule has 2 aromatic rings. The maximum atomic E-state index is 12.7. The van der Waals surface area contributed by atoms with Gasteiger partial charge >= 0.3 is 0 Å². The SMILES string of the molecule is CCC(C)N=C(N)NS(=O)(=O)c1ccc2c(c1)CCN(Cc1ccccc1)CC2. The Hall–Kier alpha value is -2.38. The van der Waals surface area contributed by atoms with Gasteiger partial charge in [0.1, 0.15) is 0 Å². The van der Waals surface area contributed by atoms with Gasteiger partial charge in [-0.15, -0.1) is 0 Å². The molecule has 0 radical (unpaired) electrons. The van der Waals surface area contributed by atoms with Gasteiger partial charge in [-0.1, -0.05) is 43.3 Å². The molecule has 1 unspecified atom stereocenters. The standard InChI is InChI=1S/C22H30N4O2S/c1-3-17(2)24-22(23)25-29(27,28)21-10-9-19-11-13-26(14-12-20(19)15-21)16-18-7-5-4-6-8-18/h4-10,15,17H,3,11-14,16H2,1-2H3,(H3,23,24,25). The highest BCUT2D eigenvalue weighted by atomic mass is 32.2. The lowest BCUT2D eigenvalue weighted by atomic mass is 10.0. The molecule has 156 valence electrons. The number of sulfonamides is 1. The molecule has 1 aliphatic heterocycles. The average Bonchev–Trinajstić information content (AvgIpc) is 2.90. The fraction of sp³-hybridized carbons (Fsp3) is 0.409. The number of nitrogens with two attached hydrogens (primary N) is 1. The summed E-state index contributed by atoms with van der Waals surface area (Å²) in [4.78, 5) is 6.80. The number of aliphatic imine (C=N–C) groups is 1. The van der Waals surface area contributed by atoms with Crippen molar-refractivity contribution in [3.05, 3.63) is 65.2 Å². The van der Waals surface area contributed by atoms with E-state index in [4.69, 9.17) is 5.73 Å².